The molecule has 40 heavy (non-hydrogen) atoms. The average Bonchev–Trinajstić information content (AvgIpc) is 3.00. The molecule has 3 nitrogen and oxygen atoms in total. The first-order valence-electron chi connectivity index (χ1n) is 13.6. The van der Waals surface area contributed by atoms with Crippen molar-refractivity contribution in [3.8, 4) is 0 Å². The summed E-state index contributed by atoms with van der Waals surface area (Å²) in [6, 6.07) is 46.8. The lowest BCUT2D eigenvalue weighted by Crippen LogP contribution is -2.10. The lowest BCUT2D eigenvalue weighted by atomic mass is 9.84. The molecule has 0 aliphatic heterocycles. The number of hydrogen-bond acceptors (Lipinski definition) is 3. The van der Waals surface area contributed by atoms with E-state index in [-0.39, 0.29) is 5.92 Å². The normalized spacial score (nSPS) is 10.6. The Bertz CT molecular complexity index is 1500. The highest BCUT2D eigenvalue weighted by molar-refractivity contribution is 5.99. The van der Waals surface area contributed by atoms with Crippen molar-refractivity contribution >= 4 is 28.5 Å². The van der Waals surface area contributed by atoms with Gasteiger partial charge in [0.1, 0.15) is 0 Å². The summed E-state index contributed by atoms with van der Waals surface area (Å²) in [6.45, 7) is 0. The second kappa shape index (κ2) is 12.3. The van der Waals surface area contributed by atoms with E-state index >= 15 is 0 Å². The number of benzene rings is 5. The molecule has 198 valence electrons. The first kappa shape index (κ1) is 26.7. The minimum Gasteiger partial charge on any atom is -0.378 e. The van der Waals surface area contributed by atoms with Crippen LogP contribution in [0.25, 0.3) is 5.57 Å². The lowest BCUT2D eigenvalue weighted by Gasteiger charge is -2.22. The number of aliphatic imine (C=N–C) groups is 1. The molecule has 0 amide bonds. The quantitative estimate of drug-likeness (QED) is 0.151. The molecule has 0 unspecified atom stereocenters. The van der Waals surface area contributed by atoms with Crippen molar-refractivity contribution in [1.29, 1.82) is 0 Å². The smallest absolute Gasteiger partial charge is 0.0771 e. The first-order chi connectivity index (χ1) is 19.5. The van der Waals surface area contributed by atoms with Crippen LogP contribution in [0.4, 0.5) is 17.1 Å². The van der Waals surface area contributed by atoms with E-state index in [1.165, 1.54) is 22.5 Å². The minimum atomic E-state index is 0.0195. The van der Waals surface area contributed by atoms with E-state index in [4.69, 9.17) is 4.99 Å². The summed E-state index contributed by atoms with van der Waals surface area (Å²) in [5.74, 6) is 3.46. The Balaban J connectivity index is 1.67. The van der Waals surface area contributed by atoms with E-state index in [0.29, 0.717) is 0 Å². The summed E-state index contributed by atoms with van der Waals surface area (Å²) in [4.78, 5) is 9.27. The monoisotopic (exact) mass is 521 g/mol. The fourth-order valence-corrected chi connectivity index (χ4v) is 4.94. The molecule has 0 saturated heterocycles. The number of rotatable bonds is 8. The number of anilines is 2. The zero-order valence-corrected chi connectivity index (χ0v) is 23.6. The van der Waals surface area contributed by atoms with Crippen LogP contribution in [0.5, 0.6) is 0 Å². The molecule has 0 fully saturated rings. The van der Waals surface area contributed by atoms with Gasteiger partial charge in [0, 0.05) is 45.5 Å². The second-order valence-electron chi connectivity index (χ2n) is 10.3. The van der Waals surface area contributed by atoms with E-state index in [9.17, 15) is 0 Å². The topological polar surface area (TPSA) is 18.8 Å². The maximum absolute atomic E-state index is 5.02. The van der Waals surface area contributed by atoms with Crippen molar-refractivity contribution < 1.29 is 0 Å². The number of para-hydroxylation sites is 1. The van der Waals surface area contributed by atoms with Crippen molar-refractivity contribution in [3.05, 3.63) is 161 Å². The van der Waals surface area contributed by atoms with Crippen LogP contribution in [0.1, 0.15) is 33.7 Å². The highest BCUT2D eigenvalue weighted by Gasteiger charge is 2.20. The molecule has 0 heterocycles. The molecule has 5 aromatic carbocycles. The van der Waals surface area contributed by atoms with Crippen molar-refractivity contribution in [2.75, 3.05) is 38.0 Å². The fourth-order valence-electron chi connectivity index (χ4n) is 4.94. The minimum absolute atomic E-state index is 0.0195. The summed E-state index contributed by atoms with van der Waals surface area (Å²) in [5.41, 5.74) is 10.00. The van der Waals surface area contributed by atoms with Crippen LogP contribution < -0.4 is 9.80 Å². The number of nitrogens with zero attached hydrogens (tertiary/aromatic N) is 3. The van der Waals surface area contributed by atoms with Gasteiger partial charge in [-0.3, -0.25) is 0 Å². The zero-order chi connectivity index (χ0) is 27.9. The van der Waals surface area contributed by atoms with Crippen LogP contribution >= 0.6 is 0 Å². The van der Waals surface area contributed by atoms with Gasteiger partial charge in [-0.1, -0.05) is 103 Å². The molecule has 0 N–H and O–H groups in total. The van der Waals surface area contributed by atoms with Gasteiger partial charge in [0.25, 0.3) is 0 Å². The van der Waals surface area contributed by atoms with Crippen LogP contribution in [-0.2, 0) is 0 Å². The molecular weight excluding hydrogens is 486 g/mol. The van der Waals surface area contributed by atoms with Gasteiger partial charge in [0.05, 0.1) is 11.3 Å². The predicted molar refractivity (Wildman–Crippen MR) is 171 cm³/mol. The number of hydrogen-bond donors (Lipinski definition) is 0. The van der Waals surface area contributed by atoms with Crippen molar-refractivity contribution in [3.63, 3.8) is 0 Å². The molecule has 0 aliphatic rings. The Morgan fingerprint density at radius 2 is 0.950 bits per heavy atom. The van der Waals surface area contributed by atoms with Gasteiger partial charge in [-0.25, -0.2) is 4.99 Å². The van der Waals surface area contributed by atoms with Gasteiger partial charge in [-0.2, -0.15) is 0 Å². The van der Waals surface area contributed by atoms with Crippen molar-refractivity contribution in [2.45, 2.75) is 5.92 Å². The van der Waals surface area contributed by atoms with Gasteiger partial charge < -0.3 is 9.80 Å². The highest BCUT2D eigenvalue weighted by atomic mass is 15.1. The summed E-state index contributed by atoms with van der Waals surface area (Å²) in [5, 5.41) is 0. The molecular formula is C37H35N3. The van der Waals surface area contributed by atoms with Crippen LogP contribution in [0.15, 0.2) is 138 Å². The average molecular weight is 522 g/mol. The Kier molecular flexibility index (Phi) is 8.25. The van der Waals surface area contributed by atoms with Crippen molar-refractivity contribution in [2.24, 2.45) is 4.99 Å². The van der Waals surface area contributed by atoms with E-state index < -0.39 is 0 Å². The van der Waals surface area contributed by atoms with Crippen LogP contribution in [0, 0.1) is 0 Å². The summed E-state index contributed by atoms with van der Waals surface area (Å²) < 4.78 is 0. The van der Waals surface area contributed by atoms with Crippen LogP contribution in [0.2, 0.25) is 0 Å². The lowest BCUT2D eigenvalue weighted by molar-refractivity contribution is 0.972. The standard InChI is InChI=1S/C37H35N3/c1-39(2)32-23-19-30(20-24-32)37(31-21-25-33(26-22-31)40(3)4)34-17-11-12-18-36(34)38-27-35(28-13-7-5-8-14-28)29-15-9-6-10-16-29/h5-26,37H,1-4H3. The highest BCUT2D eigenvalue weighted by Crippen LogP contribution is 2.38. The Hall–Kier alpha value is -4.85. The van der Waals surface area contributed by atoms with Crippen LogP contribution in [-0.4, -0.2) is 34.1 Å². The van der Waals surface area contributed by atoms with E-state index in [0.717, 1.165) is 28.0 Å². The molecule has 5 rings (SSSR count). The van der Waals surface area contributed by atoms with E-state index in [1.54, 1.807) is 0 Å². The van der Waals surface area contributed by atoms with E-state index in [1.807, 2.05) is 12.1 Å². The first-order valence-corrected chi connectivity index (χ1v) is 13.6. The van der Waals surface area contributed by atoms with Gasteiger partial charge in [-0.15, -0.1) is 0 Å². The van der Waals surface area contributed by atoms with Gasteiger partial charge >= 0.3 is 0 Å². The molecule has 0 aromatic heterocycles. The van der Waals surface area contributed by atoms with Gasteiger partial charge in [0.2, 0.25) is 0 Å². The van der Waals surface area contributed by atoms with E-state index in [2.05, 4.69) is 165 Å². The molecule has 0 atom stereocenters. The fraction of sp³-hybridized carbons (Fsp3) is 0.135. The third-order valence-corrected chi connectivity index (χ3v) is 7.15. The maximum Gasteiger partial charge on any atom is 0.0771 e. The Morgan fingerprint density at radius 3 is 1.40 bits per heavy atom. The van der Waals surface area contributed by atoms with Crippen LogP contribution in [0.3, 0.4) is 0 Å². The SMILES string of the molecule is CN(C)c1ccc(C(c2ccc(N(C)C)cc2)c2ccccc2N=C=C(c2ccccc2)c2ccccc2)cc1. The molecule has 5 aromatic rings. The Labute approximate surface area is 238 Å². The molecule has 0 bridgehead atoms. The predicted octanol–water partition coefficient (Wildman–Crippen LogP) is 8.43. The molecule has 0 saturated carbocycles. The summed E-state index contributed by atoms with van der Waals surface area (Å²) in [6.07, 6.45) is 0. The van der Waals surface area contributed by atoms with Crippen molar-refractivity contribution in [1.82, 2.24) is 0 Å². The largest absolute Gasteiger partial charge is 0.378 e. The summed E-state index contributed by atoms with van der Waals surface area (Å²) in [7, 11) is 8.28. The maximum atomic E-state index is 5.02. The zero-order valence-electron chi connectivity index (χ0n) is 23.6. The third kappa shape index (κ3) is 6.07. The second-order valence-corrected chi connectivity index (χ2v) is 10.3. The summed E-state index contributed by atoms with van der Waals surface area (Å²) >= 11 is 0. The third-order valence-electron chi connectivity index (χ3n) is 7.15. The molecule has 0 aliphatic carbocycles. The molecule has 0 radical (unpaired) electrons. The van der Waals surface area contributed by atoms with Gasteiger partial charge in [0.15, 0.2) is 0 Å². The van der Waals surface area contributed by atoms with Gasteiger partial charge in [-0.05, 0) is 64.0 Å². The molecule has 3 heteroatoms. The Morgan fingerprint density at radius 1 is 0.525 bits per heavy atom. The molecule has 0 spiro atoms.